The first-order valence-electron chi connectivity index (χ1n) is 9.43. The average molecular weight is 373 g/mol. The highest BCUT2D eigenvalue weighted by Crippen LogP contribution is 2.32. The monoisotopic (exact) mass is 372 g/mol. The highest BCUT2D eigenvalue weighted by atomic mass is 32.1. The first-order chi connectivity index (χ1) is 12.7. The van der Waals surface area contributed by atoms with E-state index in [4.69, 9.17) is 4.74 Å². The Morgan fingerprint density at radius 1 is 1.19 bits per heavy atom. The van der Waals surface area contributed by atoms with Crippen LogP contribution in [-0.2, 0) is 0 Å². The van der Waals surface area contributed by atoms with Gasteiger partial charge in [-0.05, 0) is 75.1 Å². The topological polar surface area (TPSA) is 41.6 Å². The summed E-state index contributed by atoms with van der Waals surface area (Å²) in [6.45, 7) is 6.31. The van der Waals surface area contributed by atoms with Crippen molar-refractivity contribution in [3.8, 4) is 16.9 Å². The molecule has 1 saturated heterocycles. The molecule has 26 heavy (non-hydrogen) atoms. The summed E-state index contributed by atoms with van der Waals surface area (Å²) in [7, 11) is 1.67. The predicted molar refractivity (Wildman–Crippen MR) is 108 cm³/mol. The first kappa shape index (κ1) is 18.9. The van der Waals surface area contributed by atoms with Crippen LogP contribution in [0, 0.1) is 6.92 Å². The van der Waals surface area contributed by atoms with Gasteiger partial charge in [0.05, 0.1) is 12.0 Å². The molecular formula is C21H28N2O2S. The maximum Gasteiger partial charge on any atom is 0.261 e. The molecule has 1 amide bonds. The third-order valence-corrected chi connectivity index (χ3v) is 5.98. The van der Waals surface area contributed by atoms with Crippen LogP contribution in [0.5, 0.6) is 5.75 Å². The van der Waals surface area contributed by atoms with E-state index in [0.29, 0.717) is 0 Å². The zero-order valence-corrected chi connectivity index (χ0v) is 16.5. The van der Waals surface area contributed by atoms with Crippen LogP contribution in [0.4, 0.5) is 0 Å². The van der Waals surface area contributed by atoms with Gasteiger partial charge in [-0.1, -0.05) is 18.6 Å². The van der Waals surface area contributed by atoms with Crippen LogP contribution >= 0.6 is 11.3 Å². The van der Waals surface area contributed by atoms with Crippen LogP contribution in [0.15, 0.2) is 30.3 Å². The molecule has 4 nitrogen and oxygen atoms in total. The Kier molecular flexibility index (Phi) is 6.69. The van der Waals surface area contributed by atoms with Gasteiger partial charge in [0.15, 0.2) is 0 Å². The van der Waals surface area contributed by atoms with Crippen molar-refractivity contribution < 1.29 is 9.53 Å². The van der Waals surface area contributed by atoms with E-state index in [1.807, 2.05) is 30.3 Å². The molecule has 1 aromatic carbocycles. The highest BCUT2D eigenvalue weighted by Gasteiger charge is 2.14. The molecule has 0 aliphatic carbocycles. The largest absolute Gasteiger partial charge is 0.497 e. The number of piperidine rings is 1. The van der Waals surface area contributed by atoms with Gasteiger partial charge in [-0.3, -0.25) is 4.79 Å². The molecule has 0 unspecified atom stereocenters. The van der Waals surface area contributed by atoms with Crippen molar-refractivity contribution in [3.63, 3.8) is 0 Å². The summed E-state index contributed by atoms with van der Waals surface area (Å²) in [5.41, 5.74) is 2.24. The summed E-state index contributed by atoms with van der Waals surface area (Å²) >= 11 is 1.56. The van der Waals surface area contributed by atoms with E-state index in [2.05, 4.69) is 17.1 Å². The fourth-order valence-corrected chi connectivity index (χ4v) is 4.38. The van der Waals surface area contributed by atoms with Crippen LogP contribution in [0.2, 0.25) is 0 Å². The van der Waals surface area contributed by atoms with E-state index >= 15 is 0 Å². The number of rotatable bonds is 7. The molecular weight excluding hydrogens is 344 g/mol. The summed E-state index contributed by atoms with van der Waals surface area (Å²) in [5, 5.41) is 3.07. The number of amides is 1. The van der Waals surface area contributed by atoms with E-state index in [1.54, 1.807) is 18.4 Å². The van der Waals surface area contributed by atoms with Crippen molar-refractivity contribution >= 4 is 17.2 Å². The molecule has 1 aliphatic heterocycles. The van der Waals surface area contributed by atoms with Crippen LogP contribution in [0.1, 0.15) is 40.2 Å². The molecule has 1 N–H and O–H groups in total. The SMILES string of the molecule is COc1ccc(-c2cc(C(=O)NCCCN3CCCCC3)sc2C)cc1. The van der Waals surface area contributed by atoms with E-state index in [1.165, 1.54) is 32.4 Å². The number of hydrogen-bond donors (Lipinski definition) is 1. The summed E-state index contributed by atoms with van der Waals surface area (Å²) in [6, 6.07) is 9.98. The van der Waals surface area contributed by atoms with Gasteiger partial charge in [-0.25, -0.2) is 0 Å². The van der Waals surface area contributed by atoms with Gasteiger partial charge in [0.25, 0.3) is 5.91 Å². The average Bonchev–Trinajstić information content (AvgIpc) is 3.08. The van der Waals surface area contributed by atoms with Crippen LogP contribution in [-0.4, -0.2) is 44.1 Å². The zero-order chi connectivity index (χ0) is 18.4. The Bertz CT molecular complexity index is 718. The smallest absolute Gasteiger partial charge is 0.261 e. The molecule has 0 spiro atoms. The molecule has 1 aromatic heterocycles. The molecule has 0 saturated carbocycles. The van der Waals surface area contributed by atoms with Crippen molar-refractivity contribution in [1.82, 2.24) is 10.2 Å². The number of carbonyl (C=O) groups is 1. The maximum absolute atomic E-state index is 12.5. The Hall–Kier alpha value is -1.85. The number of carbonyl (C=O) groups excluding carboxylic acids is 1. The Morgan fingerprint density at radius 2 is 1.92 bits per heavy atom. The number of aryl methyl sites for hydroxylation is 1. The van der Waals surface area contributed by atoms with Gasteiger partial charge in [-0.15, -0.1) is 11.3 Å². The molecule has 3 rings (SSSR count). The van der Waals surface area contributed by atoms with E-state index in [-0.39, 0.29) is 5.91 Å². The second-order valence-electron chi connectivity index (χ2n) is 6.82. The number of nitrogens with one attached hydrogen (secondary N) is 1. The number of nitrogens with zero attached hydrogens (tertiary/aromatic N) is 1. The second kappa shape index (κ2) is 9.19. The number of hydrogen-bond acceptors (Lipinski definition) is 4. The summed E-state index contributed by atoms with van der Waals surface area (Å²) < 4.78 is 5.21. The number of benzene rings is 1. The molecule has 2 heterocycles. The van der Waals surface area contributed by atoms with Gasteiger partial charge < -0.3 is 15.0 Å². The van der Waals surface area contributed by atoms with Crippen LogP contribution in [0.3, 0.4) is 0 Å². The first-order valence-corrected chi connectivity index (χ1v) is 10.2. The molecule has 140 valence electrons. The van der Waals surface area contributed by atoms with E-state index in [0.717, 1.165) is 46.1 Å². The lowest BCUT2D eigenvalue weighted by molar-refractivity contribution is 0.0955. The van der Waals surface area contributed by atoms with E-state index < -0.39 is 0 Å². The highest BCUT2D eigenvalue weighted by molar-refractivity contribution is 7.14. The standard InChI is InChI=1S/C21H28N2O2S/c1-16-19(17-7-9-18(25-2)10-8-17)15-20(26-16)21(24)22-11-6-14-23-12-4-3-5-13-23/h7-10,15H,3-6,11-14H2,1-2H3,(H,22,24). The fraction of sp³-hybridized carbons (Fsp3) is 0.476. The lowest BCUT2D eigenvalue weighted by Gasteiger charge is -2.26. The molecule has 0 bridgehead atoms. The van der Waals surface area contributed by atoms with Crippen molar-refractivity contribution in [2.45, 2.75) is 32.6 Å². The van der Waals surface area contributed by atoms with E-state index in [9.17, 15) is 4.79 Å². The van der Waals surface area contributed by atoms with Gasteiger partial charge >= 0.3 is 0 Å². The number of likely N-dealkylation sites (tertiary alicyclic amines) is 1. The quantitative estimate of drug-likeness (QED) is 0.735. The summed E-state index contributed by atoms with van der Waals surface area (Å²) in [4.78, 5) is 16.9. The predicted octanol–water partition coefficient (Wildman–Crippen LogP) is 4.34. The minimum absolute atomic E-state index is 0.0384. The number of ether oxygens (including phenoxy) is 1. The Labute approximate surface area is 160 Å². The molecule has 0 atom stereocenters. The second-order valence-corrected chi connectivity index (χ2v) is 8.08. The minimum atomic E-state index is 0.0384. The van der Waals surface area contributed by atoms with Crippen molar-refractivity contribution in [1.29, 1.82) is 0 Å². The Balaban J connectivity index is 1.52. The third kappa shape index (κ3) is 4.86. The van der Waals surface area contributed by atoms with Gasteiger partial charge in [0, 0.05) is 11.4 Å². The molecule has 0 radical (unpaired) electrons. The fourth-order valence-electron chi connectivity index (χ4n) is 3.43. The number of thiophene rings is 1. The summed E-state index contributed by atoms with van der Waals surface area (Å²) in [5.74, 6) is 0.879. The maximum atomic E-state index is 12.5. The lowest BCUT2D eigenvalue weighted by Crippen LogP contribution is -2.33. The van der Waals surface area contributed by atoms with Crippen molar-refractivity contribution in [2.75, 3.05) is 33.3 Å². The minimum Gasteiger partial charge on any atom is -0.497 e. The van der Waals surface area contributed by atoms with Gasteiger partial charge in [0.2, 0.25) is 0 Å². The molecule has 5 heteroatoms. The lowest BCUT2D eigenvalue weighted by atomic mass is 10.1. The third-order valence-electron chi connectivity index (χ3n) is 4.93. The molecule has 2 aromatic rings. The summed E-state index contributed by atoms with van der Waals surface area (Å²) in [6.07, 6.45) is 5.01. The van der Waals surface area contributed by atoms with Crippen LogP contribution < -0.4 is 10.1 Å². The normalized spacial score (nSPS) is 15.0. The zero-order valence-electron chi connectivity index (χ0n) is 15.7. The van der Waals surface area contributed by atoms with Gasteiger partial charge in [0.1, 0.15) is 5.75 Å². The van der Waals surface area contributed by atoms with Gasteiger partial charge in [-0.2, -0.15) is 0 Å². The van der Waals surface area contributed by atoms with Crippen LogP contribution in [0.25, 0.3) is 11.1 Å². The van der Waals surface area contributed by atoms with Crippen molar-refractivity contribution in [2.24, 2.45) is 0 Å². The van der Waals surface area contributed by atoms with Crippen molar-refractivity contribution in [3.05, 3.63) is 40.1 Å². The molecule has 1 fully saturated rings. The number of methoxy groups -OCH3 is 1. The Morgan fingerprint density at radius 3 is 2.62 bits per heavy atom. The molecule has 1 aliphatic rings.